The van der Waals surface area contributed by atoms with Crippen molar-refractivity contribution < 1.29 is 23.9 Å². The lowest BCUT2D eigenvalue weighted by molar-refractivity contribution is -0.146. The van der Waals surface area contributed by atoms with Crippen LogP contribution in [-0.2, 0) is 19.1 Å². The maximum atomic E-state index is 12.2. The summed E-state index contributed by atoms with van der Waals surface area (Å²) in [5.41, 5.74) is 0.615. The van der Waals surface area contributed by atoms with Gasteiger partial charge in [-0.15, -0.1) is 0 Å². The molecular formula is C15H17ClN2O5. The quantitative estimate of drug-likeness (QED) is 0.798. The minimum atomic E-state index is -0.906. The molecule has 23 heavy (non-hydrogen) atoms. The molecule has 8 heteroatoms. The number of ether oxygens (including phenoxy) is 2. The van der Waals surface area contributed by atoms with Gasteiger partial charge in [0, 0.05) is 10.7 Å². The Morgan fingerprint density at radius 2 is 2.09 bits per heavy atom. The second-order valence-electron chi connectivity index (χ2n) is 4.82. The molecule has 2 rings (SSSR count). The number of carbonyl (C=O) groups excluding carboxylic acids is 3. The average Bonchev–Trinajstić information content (AvgIpc) is 2.95. The number of anilines is 1. The summed E-state index contributed by atoms with van der Waals surface area (Å²) in [7, 11) is 0. The number of imide groups is 1. The topological polar surface area (TPSA) is 84.9 Å². The first-order chi connectivity index (χ1) is 11.0. The van der Waals surface area contributed by atoms with Crippen molar-refractivity contribution in [2.75, 3.05) is 25.1 Å². The molecule has 1 heterocycles. The zero-order valence-electron chi connectivity index (χ0n) is 12.6. The van der Waals surface area contributed by atoms with Crippen LogP contribution in [0.2, 0.25) is 5.02 Å². The first-order valence-electron chi connectivity index (χ1n) is 7.17. The van der Waals surface area contributed by atoms with Gasteiger partial charge in [-0.1, -0.05) is 11.6 Å². The number of cyclic esters (lactones) is 1. The minimum Gasteiger partial charge on any atom is -0.464 e. The Morgan fingerprint density at radius 1 is 1.39 bits per heavy atom. The van der Waals surface area contributed by atoms with Crippen LogP contribution in [0, 0.1) is 0 Å². The van der Waals surface area contributed by atoms with Crippen molar-refractivity contribution in [3.63, 3.8) is 0 Å². The maximum absolute atomic E-state index is 12.2. The molecule has 1 unspecified atom stereocenters. The largest absolute Gasteiger partial charge is 0.464 e. The van der Waals surface area contributed by atoms with E-state index in [1.807, 2.05) is 0 Å². The van der Waals surface area contributed by atoms with Crippen molar-refractivity contribution in [2.24, 2.45) is 0 Å². The molecule has 1 aromatic carbocycles. The van der Waals surface area contributed by atoms with E-state index in [9.17, 15) is 14.4 Å². The van der Waals surface area contributed by atoms with Crippen LogP contribution in [0.1, 0.15) is 13.3 Å². The first kappa shape index (κ1) is 17.1. The van der Waals surface area contributed by atoms with Crippen molar-refractivity contribution in [3.05, 3.63) is 29.3 Å². The fourth-order valence-corrected chi connectivity index (χ4v) is 2.21. The van der Waals surface area contributed by atoms with Gasteiger partial charge in [-0.2, -0.15) is 0 Å². The maximum Gasteiger partial charge on any atom is 0.416 e. The van der Waals surface area contributed by atoms with Gasteiger partial charge < -0.3 is 14.8 Å². The molecule has 0 aliphatic carbocycles. The Bertz CT molecular complexity index is 590. The first-order valence-corrected chi connectivity index (χ1v) is 7.55. The molecular weight excluding hydrogens is 324 g/mol. The molecule has 1 fully saturated rings. The van der Waals surface area contributed by atoms with Crippen LogP contribution in [0.25, 0.3) is 0 Å². The predicted molar refractivity (Wildman–Crippen MR) is 83.2 cm³/mol. The highest BCUT2D eigenvalue weighted by Crippen LogP contribution is 2.17. The van der Waals surface area contributed by atoms with Crippen LogP contribution in [0.5, 0.6) is 0 Å². The standard InChI is InChI=1S/C15H17ClN2O5/c1-2-22-14(20)12(17-11-5-3-10(16)4-6-11)9-13(19)18-7-8-23-15(18)21/h3-6,12,17H,2,7-9H2,1H3. The molecule has 0 saturated carbocycles. The van der Waals surface area contributed by atoms with Gasteiger partial charge in [0.25, 0.3) is 0 Å². The van der Waals surface area contributed by atoms with Gasteiger partial charge in [0.15, 0.2) is 0 Å². The van der Waals surface area contributed by atoms with E-state index in [0.717, 1.165) is 4.90 Å². The number of rotatable bonds is 6. The Kier molecular flexibility index (Phi) is 5.81. The van der Waals surface area contributed by atoms with Gasteiger partial charge in [0.2, 0.25) is 5.91 Å². The summed E-state index contributed by atoms with van der Waals surface area (Å²) in [6.07, 6.45) is -0.902. The summed E-state index contributed by atoms with van der Waals surface area (Å²) in [6.45, 7) is 2.22. The molecule has 0 spiro atoms. The third-order valence-corrected chi connectivity index (χ3v) is 3.45. The van der Waals surface area contributed by atoms with Gasteiger partial charge >= 0.3 is 12.1 Å². The predicted octanol–water partition coefficient (Wildman–Crippen LogP) is 2.05. The van der Waals surface area contributed by atoms with Crippen molar-refractivity contribution in [2.45, 2.75) is 19.4 Å². The van der Waals surface area contributed by atoms with Crippen molar-refractivity contribution in [1.82, 2.24) is 4.90 Å². The van der Waals surface area contributed by atoms with E-state index in [1.54, 1.807) is 31.2 Å². The molecule has 7 nitrogen and oxygen atoms in total. The molecule has 0 bridgehead atoms. The Balaban J connectivity index is 2.07. The van der Waals surface area contributed by atoms with Crippen LogP contribution in [0.15, 0.2) is 24.3 Å². The van der Waals surface area contributed by atoms with Crippen LogP contribution in [0.3, 0.4) is 0 Å². The fraction of sp³-hybridized carbons (Fsp3) is 0.400. The van der Waals surface area contributed by atoms with E-state index in [4.69, 9.17) is 21.1 Å². The lowest BCUT2D eigenvalue weighted by atomic mass is 10.1. The SMILES string of the molecule is CCOC(=O)C(CC(=O)N1CCOC1=O)Nc1ccc(Cl)cc1. The van der Waals surface area contributed by atoms with Gasteiger partial charge in [0.05, 0.1) is 19.6 Å². The highest BCUT2D eigenvalue weighted by molar-refractivity contribution is 6.30. The van der Waals surface area contributed by atoms with E-state index in [0.29, 0.717) is 10.7 Å². The number of nitrogens with one attached hydrogen (secondary N) is 1. The lowest BCUT2D eigenvalue weighted by Crippen LogP contribution is -2.40. The third kappa shape index (κ3) is 4.59. The number of esters is 1. The van der Waals surface area contributed by atoms with Gasteiger partial charge in [0.1, 0.15) is 12.6 Å². The highest BCUT2D eigenvalue weighted by atomic mass is 35.5. The summed E-state index contributed by atoms with van der Waals surface area (Å²) in [5, 5.41) is 3.48. The summed E-state index contributed by atoms with van der Waals surface area (Å²) in [4.78, 5) is 36.6. The van der Waals surface area contributed by atoms with Crippen LogP contribution < -0.4 is 5.32 Å². The van der Waals surface area contributed by atoms with E-state index >= 15 is 0 Å². The summed E-state index contributed by atoms with van der Waals surface area (Å²) >= 11 is 5.82. The van der Waals surface area contributed by atoms with Crippen molar-refractivity contribution in [1.29, 1.82) is 0 Å². The summed E-state index contributed by atoms with van der Waals surface area (Å²) < 4.78 is 9.70. The minimum absolute atomic E-state index is 0.166. The zero-order chi connectivity index (χ0) is 16.8. The van der Waals surface area contributed by atoms with Gasteiger partial charge in [-0.05, 0) is 31.2 Å². The summed E-state index contributed by atoms with van der Waals surface area (Å²) in [6, 6.07) is 5.78. The second-order valence-corrected chi connectivity index (χ2v) is 5.26. The molecule has 0 aromatic heterocycles. The molecule has 0 radical (unpaired) electrons. The molecule has 1 saturated heterocycles. The van der Waals surface area contributed by atoms with Crippen LogP contribution in [0.4, 0.5) is 10.5 Å². The van der Waals surface area contributed by atoms with Crippen LogP contribution in [-0.4, -0.2) is 48.7 Å². The number of hydrogen-bond donors (Lipinski definition) is 1. The molecule has 1 N–H and O–H groups in total. The van der Waals surface area contributed by atoms with Gasteiger partial charge in [-0.25, -0.2) is 14.5 Å². The monoisotopic (exact) mass is 340 g/mol. The lowest BCUT2D eigenvalue weighted by Gasteiger charge is -2.20. The normalized spacial score (nSPS) is 15.0. The molecule has 1 aromatic rings. The Morgan fingerprint density at radius 3 is 2.65 bits per heavy atom. The van der Waals surface area contributed by atoms with E-state index < -0.39 is 24.0 Å². The third-order valence-electron chi connectivity index (χ3n) is 3.20. The number of benzene rings is 1. The zero-order valence-corrected chi connectivity index (χ0v) is 13.3. The number of halogens is 1. The van der Waals surface area contributed by atoms with E-state index in [2.05, 4.69) is 5.32 Å². The summed E-state index contributed by atoms with van der Waals surface area (Å²) in [5.74, 6) is -1.06. The number of nitrogens with zero attached hydrogens (tertiary/aromatic N) is 1. The fourth-order valence-electron chi connectivity index (χ4n) is 2.09. The number of carbonyl (C=O) groups is 3. The average molecular weight is 341 g/mol. The number of amides is 2. The van der Waals surface area contributed by atoms with Crippen molar-refractivity contribution in [3.8, 4) is 0 Å². The molecule has 1 aliphatic heterocycles. The number of hydrogen-bond acceptors (Lipinski definition) is 6. The smallest absolute Gasteiger partial charge is 0.416 e. The van der Waals surface area contributed by atoms with Gasteiger partial charge in [-0.3, -0.25) is 4.79 Å². The molecule has 1 aliphatic rings. The van der Waals surface area contributed by atoms with Crippen molar-refractivity contribution >= 4 is 35.3 Å². The van der Waals surface area contributed by atoms with E-state index in [1.165, 1.54) is 0 Å². The molecule has 2 amide bonds. The Labute approximate surface area is 138 Å². The Hall–Kier alpha value is -2.28. The highest BCUT2D eigenvalue weighted by Gasteiger charge is 2.32. The van der Waals surface area contributed by atoms with Crippen LogP contribution >= 0.6 is 11.6 Å². The van der Waals surface area contributed by atoms with E-state index in [-0.39, 0.29) is 26.2 Å². The second kappa shape index (κ2) is 7.82. The molecule has 1 atom stereocenters. The molecule has 124 valence electrons.